The molecule has 0 saturated heterocycles. The maximum atomic E-state index is 10.0. The van der Waals surface area contributed by atoms with Crippen LogP contribution in [0.3, 0.4) is 0 Å². The van der Waals surface area contributed by atoms with Crippen LogP contribution >= 0.6 is 0 Å². The van der Waals surface area contributed by atoms with Crippen molar-refractivity contribution >= 4 is 0 Å². The Bertz CT molecular complexity index is 397. The van der Waals surface area contributed by atoms with Crippen LogP contribution in [0.1, 0.15) is 44.7 Å². The van der Waals surface area contributed by atoms with Crippen LogP contribution < -0.4 is 10.1 Å². The number of ether oxygens (including phenoxy) is 1. The Morgan fingerprint density at radius 1 is 1.10 bits per heavy atom. The molecule has 0 bridgehead atoms. The second-order valence-electron chi connectivity index (χ2n) is 6.47. The number of aryl methyl sites for hydroxylation is 2. The van der Waals surface area contributed by atoms with E-state index in [0.29, 0.717) is 19.2 Å². The minimum Gasteiger partial charge on any atom is -0.490 e. The van der Waals surface area contributed by atoms with Gasteiger partial charge in [0.05, 0.1) is 0 Å². The van der Waals surface area contributed by atoms with E-state index in [1.165, 1.54) is 6.42 Å². The van der Waals surface area contributed by atoms with Gasteiger partial charge in [0, 0.05) is 12.6 Å². The molecule has 2 atom stereocenters. The molecule has 3 nitrogen and oxygen atoms in total. The Morgan fingerprint density at radius 2 is 1.71 bits per heavy atom. The summed E-state index contributed by atoms with van der Waals surface area (Å²) in [4.78, 5) is 0. The van der Waals surface area contributed by atoms with E-state index in [1.807, 2.05) is 32.0 Å². The first-order valence-corrected chi connectivity index (χ1v) is 8.00. The molecule has 21 heavy (non-hydrogen) atoms. The summed E-state index contributed by atoms with van der Waals surface area (Å²) in [5.74, 6) is 1.62. The SMILES string of the molecule is Cc1cccc(C)c1OCC(O)CNC(C)CCC(C)C. The van der Waals surface area contributed by atoms with Crippen LogP contribution in [0.25, 0.3) is 0 Å². The molecule has 0 heterocycles. The molecule has 0 aliphatic carbocycles. The predicted octanol–water partition coefficient (Wildman–Crippen LogP) is 3.46. The third kappa shape index (κ3) is 6.96. The molecule has 0 radical (unpaired) electrons. The largest absolute Gasteiger partial charge is 0.490 e. The second-order valence-corrected chi connectivity index (χ2v) is 6.47. The highest BCUT2D eigenvalue weighted by molar-refractivity contribution is 5.39. The number of hydrogen-bond acceptors (Lipinski definition) is 3. The number of hydrogen-bond donors (Lipinski definition) is 2. The van der Waals surface area contributed by atoms with Gasteiger partial charge in [0.25, 0.3) is 0 Å². The molecular weight excluding hydrogens is 262 g/mol. The molecule has 0 aliphatic heterocycles. The topological polar surface area (TPSA) is 41.5 Å². The van der Waals surface area contributed by atoms with E-state index in [4.69, 9.17) is 4.74 Å². The van der Waals surface area contributed by atoms with Crippen molar-refractivity contribution in [1.82, 2.24) is 5.32 Å². The maximum Gasteiger partial charge on any atom is 0.125 e. The average Bonchev–Trinajstić information content (AvgIpc) is 2.42. The van der Waals surface area contributed by atoms with E-state index in [9.17, 15) is 5.11 Å². The van der Waals surface area contributed by atoms with E-state index in [-0.39, 0.29) is 0 Å². The number of rotatable bonds is 9. The first kappa shape index (κ1) is 18.0. The maximum absolute atomic E-state index is 10.0. The van der Waals surface area contributed by atoms with Gasteiger partial charge in [-0.1, -0.05) is 32.0 Å². The van der Waals surface area contributed by atoms with Crippen molar-refractivity contribution in [2.24, 2.45) is 5.92 Å². The Balaban J connectivity index is 2.29. The fourth-order valence-corrected chi connectivity index (χ4v) is 2.29. The summed E-state index contributed by atoms with van der Waals surface area (Å²) in [6.45, 7) is 11.6. The van der Waals surface area contributed by atoms with Gasteiger partial charge in [0.2, 0.25) is 0 Å². The third-order valence-corrected chi connectivity index (χ3v) is 3.71. The van der Waals surface area contributed by atoms with Gasteiger partial charge in [0.15, 0.2) is 0 Å². The van der Waals surface area contributed by atoms with Crippen molar-refractivity contribution in [1.29, 1.82) is 0 Å². The van der Waals surface area contributed by atoms with Crippen molar-refractivity contribution in [2.75, 3.05) is 13.2 Å². The summed E-state index contributed by atoms with van der Waals surface area (Å²) in [6.07, 6.45) is 1.87. The Labute approximate surface area is 129 Å². The number of nitrogens with one attached hydrogen (secondary N) is 1. The molecule has 120 valence electrons. The number of aliphatic hydroxyl groups is 1. The molecule has 0 aliphatic rings. The minimum absolute atomic E-state index is 0.329. The molecule has 0 aromatic heterocycles. The lowest BCUT2D eigenvalue weighted by molar-refractivity contribution is 0.103. The average molecular weight is 293 g/mol. The standard InChI is InChI=1S/C18H31NO2/c1-13(2)9-10-16(5)19-11-17(20)12-21-18-14(3)7-6-8-15(18)4/h6-8,13,16-17,19-20H,9-12H2,1-5H3. The van der Waals surface area contributed by atoms with E-state index in [1.54, 1.807) is 0 Å². The summed E-state index contributed by atoms with van der Waals surface area (Å²) in [6, 6.07) is 6.51. The molecule has 0 saturated carbocycles. The van der Waals surface area contributed by atoms with Crippen molar-refractivity contribution in [3.8, 4) is 5.75 Å². The van der Waals surface area contributed by atoms with Gasteiger partial charge in [-0.05, 0) is 50.7 Å². The lowest BCUT2D eigenvalue weighted by Crippen LogP contribution is -2.36. The highest BCUT2D eigenvalue weighted by Crippen LogP contribution is 2.22. The first-order valence-electron chi connectivity index (χ1n) is 8.00. The normalized spacial score (nSPS) is 14.2. The molecular formula is C18H31NO2. The van der Waals surface area contributed by atoms with Gasteiger partial charge < -0.3 is 15.2 Å². The van der Waals surface area contributed by atoms with E-state index >= 15 is 0 Å². The summed E-state index contributed by atoms with van der Waals surface area (Å²) in [5.41, 5.74) is 2.22. The summed E-state index contributed by atoms with van der Waals surface area (Å²) in [7, 11) is 0. The molecule has 1 rings (SSSR count). The van der Waals surface area contributed by atoms with Crippen LogP contribution in [0.5, 0.6) is 5.75 Å². The zero-order chi connectivity index (χ0) is 15.8. The highest BCUT2D eigenvalue weighted by atomic mass is 16.5. The molecule has 0 amide bonds. The molecule has 3 heteroatoms. The van der Waals surface area contributed by atoms with Gasteiger partial charge in [-0.3, -0.25) is 0 Å². The summed E-state index contributed by atoms with van der Waals surface area (Å²) < 4.78 is 5.77. The smallest absolute Gasteiger partial charge is 0.125 e. The Morgan fingerprint density at radius 3 is 2.29 bits per heavy atom. The van der Waals surface area contributed by atoms with Crippen LogP contribution in [0.4, 0.5) is 0 Å². The zero-order valence-electron chi connectivity index (χ0n) is 14.1. The van der Waals surface area contributed by atoms with Gasteiger partial charge in [-0.15, -0.1) is 0 Å². The second kappa shape index (κ2) is 9.06. The van der Waals surface area contributed by atoms with Crippen molar-refractivity contribution in [2.45, 2.75) is 59.6 Å². The van der Waals surface area contributed by atoms with E-state index < -0.39 is 6.10 Å². The van der Waals surface area contributed by atoms with Crippen molar-refractivity contribution in [3.63, 3.8) is 0 Å². The quantitative estimate of drug-likeness (QED) is 0.732. The fourth-order valence-electron chi connectivity index (χ4n) is 2.29. The number of aliphatic hydroxyl groups excluding tert-OH is 1. The lowest BCUT2D eigenvalue weighted by Gasteiger charge is -2.19. The predicted molar refractivity (Wildman–Crippen MR) is 89.0 cm³/mol. The number of para-hydroxylation sites is 1. The van der Waals surface area contributed by atoms with Gasteiger partial charge in [-0.2, -0.15) is 0 Å². The van der Waals surface area contributed by atoms with Gasteiger partial charge >= 0.3 is 0 Å². The number of benzene rings is 1. The highest BCUT2D eigenvalue weighted by Gasteiger charge is 2.10. The third-order valence-electron chi connectivity index (χ3n) is 3.71. The van der Waals surface area contributed by atoms with Crippen LogP contribution in [0, 0.1) is 19.8 Å². The van der Waals surface area contributed by atoms with Crippen LogP contribution in [-0.2, 0) is 0 Å². The Kier molecular flexibility index (Phi) is 7.76. The molecule has 0 fully saturated rings. The summed E-state index contributed by atoms with van der Waals surface area (Å²) >= 11 is 0. The van der Waals surface area contributed by atoms with Crippen molar-refractivity contribution in [3.05, 3.63) is 29.3 Å². The van der Waals surface area contributed by atoms with Crippen molar-refractivity contribution < 1.29 is 9.84 Å². The van der Waals surface area contributed by atoms with E-state index in [2.05, 4.69) is 26.1 Å². The van der Waals surface area contributed by atoms with Crippen LogP contribution in [0.15, 0.2) is 18.2 Å². The summed E-state index contributed by atoms with van der Waals surface area (Å²) in [5, 5.41) is 13.4. The van der Waals surface area contributed by atoms with Crippen LogP contribution in [0.2, 0.25) is 0 Å². The molecule has 1 aromatic rings. The Hall–Kier alpha value is -1.06. The molecule has 1 aromatic carbocycles. The fraction of sp³-hybridized carbons (Fsp3) is 0.667. The molecule has 2 unspecified atom stereocenters. The first-order chi connectivity index (χ1) is 9.90. The lowest BCUT2D eigenvalue weighted by atomic mass is 10.0. The van der Waals surface area contributed by atoms with E-state index in [0.717, 1.165) is 29.2 Å². The zero-order valence-corrected chi connectivity index (χ0v) is 14.1. The van der Waals surface area contributed by atoms with Crippen LogP contribution in [-0.4, -0.2) is 30.4 Å². The van der Waals surface area contributed by atoms with Gasteiger partial charge in [-0.25, -0.2) is 0 Å². The van der Waals surface area contributed by atoms with Gasteiger partial charge in [0.1, 0.15) is 18.5 Å². The molecule has 0 spiro atoms. The minimum atomic E-state index is -0.481. The monoisotopic (exact) mass is 293 g/mol. The molecule has 2 N–H and O–H groups in total.